The molecule has 0 amide bonds. The maximum absolute atomic E-state index is 12.8. The van der Waals surface area contributed by atoms with E-state index in [1.165, 1.54) is 25.2 Å². The van der Waals surface area contributed by atoms with Crippen LogP contribution in [0.1, 0.15) is 50.2 Å². The number of aryl methyl sites for hydroxylation is 1. The molecular formula is C25H28O5. The van der Waals surface area contributed by atoms with E-state index in [1.807, 2.05) is 12.1 Å². The number of hydrogen-bond donors (Lipinski definition) is 0. The van der Waals surface area contributed by atoms with E-state index in [4.69, 9.17) is 14.2 Å². The third-order valence-corrected chi connectivity index (χ3v) is 8.39. The van der Waals surface area contributed by atoms with Gasteiger partial charge in [0.1, 0.15) is 5.75 Å². The maximum atomic E-state index is 12.8. The van der Waals surface area contributed by atoms with E-state index in [2.05, 4.69) is 31.2 Å². The molecule has 30 heavy (non-hydrogen) atoms. The summed E-state index contributed by atoms with van der Waals surface area (Å²) >= 11 is 0. The molecule has 1 saturated carbocycles. The second-order valence-electron chi connectivity index (χ2n) is 9.33. The molecule has 158 valence electrons. The summed E-state index contributed by atoms with van der Waals surface area (Å²) in [6.45, 7) is 3.59. The fourth-order valence-electron chi connectivity index (χ4n) is 7.06. The quantitative estimate of drug-likeness (QED) is 0.556. The molecule has 0 unspecified atom stereocenters. The highest BCUT2D eigenvalue weighted by molar-refractivity contribution is 5.95. The van der Waals surface area contributed by atoms with Gasteiger partial charge < -0.3 is 14.2 Å². The van der Waals surface area contributed by atoms with Crippen molar-refractivity contribution in [2.24, 2.45) is 16.7 Å². The Morgan fingerprint density at radius 1 is 1.13 bits per heavy atom. The van der Waals surface area contributed by atoms with Gasteiger partial charge in [0.05, 0.1) is 19.8 Å². The molecule has 0 heterocycles. The fraction of sp³-hybridized carbons (Fsp3) is 0.520. The molecule has 4 aliphatic rings. The average Bonchev–Trinajstić information content (AvgIpc) is 3.12. The highest BCUT2D eigenvalue weighted by Gasteiger charge is 2.74. The molecule has 4 aliphatic carbocycles. The van der Waals surface area contributed by atoms with Crippen LogP contribution in [0.3, 0.4) is 0 Å². The van der Waals surface area contributed by atoms with Crippen LogP contribution in [0, 0.1) is 16.7 Å². The molecule has 1 aromatic rings. The van der Waals surface area contributed by atoms with Gasteiger partial charge in [-0.1, -0.05) is 25.1 Å². The third kappa shape index (κ3) is 2.13. The normalized spacial score (nSPS) is 37.5. The second kappa shape index (κ2) is 6.22. The van der Waals surface area contributed by atoms with Gasteiger partial charge in [0, 0.05) is 17.8 Å². The lowest BCUT2D eigenvalue weighted by atomic mass is 9.47. The number of carbonyl (C=O) groups is 2. The van der Waals surface area contributed by atoms with Crippen LogP contribution in [0.15, 0.2) is 42.0 Å². The summed E-state index contributed by atoms with van der Waals surface area (Å²) < 4.78 is 16.5. The molecule has 2 bridgehead atoms. The molecule has 0 aliphatic heterocycles. The number of ether oxygens (including phenoxy) is 3. The van der Waals surface area contributed by atoms with Crippen molar-refractivity contribution in [1.82, 2.24) is 0 Å². The van der Waals surface area contributed by atoms with Crippen molar-refractivity contribution < 1.29 is 23.8 Å². The zero-order valence-corrected chi connectivity index (χ0v) is 18.0. The molecule has 0 N–H and O–H groups in total. The van der Waals surface area contributed by atoms with Gasteiger partial charge in [0.25, 0.3) is 0 Å². The van der Waals surface area contributed by atoms with Crippen LogP contribution in [-0.4, -0.2) is 31.8 Å². The van der Waals surface area contributed by atoms with Crippen LogP contribution in [0.5, 0.6) is 5.75 Å². The Hall–Kier alpha value is -2.56. The fourth-order valence-corrected chi connectivity index (χ4v) is 7.06. The van der Waals surface area contributed by atoms with E-state index in [9.17, 15) is 9.59 Å². The van der Waals surface area contributed by atoms with Gasteiger partial charge in [0.2, 0.25) is 0 Å². The van der Waals surface area contributed by atoms with Crippen LogP contribution in [-0.2, 0) is 25.5 Å². The van der Waals surface area contributed by atoms with Crippen molar-refractivity contribution in [3.63, 3.8) is 0 Å². The van der Waals surface area contributed by atoms with Crippen molar-refractivity contribution in [1.29, 1.82) is 0 Å². The maximum Gasteiger partial charge on any atom is 0.337 e. The Balaban J connectivity index is 1.64. The molecule has 0 radical (unpaired) electrons. The van der Waals surface area contributed by atoms with E-state index in [-0.39, 0.29) is 16.8 Å². The molecule has 1 fully saturated rings. The number of carbonyl (C=O) groups excluding carboxylic acids is 2. The Morgan fingerprint density at radius 2 is 1.93 bits per heavy atom. The Labute approximate surface area is 177 Å². The zero-order chi connectivity index (χ0) is 21.3. The van der Waals surface area contributed by atoms with Gasteiger partial charge in [-0.3, -0.25) is 4.79 Å². The van der Waals surface area contributed by atoms with Gasteiger partial charge in [-0.25, -0.2) is 4.79 Å². The van der Waals surface area contributed by atoms with Gasteiger partial charge in [0.15, 0.2) is 5.60 Å². The molecule has 0 aromatic heterocycles. The van der Waals surface area contributed by atoms with E-state index >= 15 is 0 Å². The first-order chi connectivity index (χ1) is 14.3. The first kappa shape index (κ1) is 19.4. The number of esters is 2. The first-order valence-corrected chi connectivity index (χ1v) is 10.7. The number of hydrogen-bond acceptors (Lipinski definition) is 5. The van der Waals surface area contributed by atoms with Crippen molar-refractivity contribution in [3.8, 4) is 5.75 Å². The van der Waals surface area contributed by atoms with Crippen LogP contribution < -0.4 is 4.74 Å². The standard InChI is InChI=1S/C25H28O5/c1-15(26)30-25-12-11-24(14-21(25)22(27)29-4)20-8-5-16-13-17(28-3)6-7-18(16)19(20)9-10-23(24,25)2/h6-7,11-14,19-20H,5,8-10H2,1-4H3/t19-,20-,23+,24+,25+/m1/s1. The lowest BCUT2D eigenvalue weighted by Gasteiger charge is -2.56. The molecular weight excluding hydrogens is 380 g/mol. The lowest BCUT2D eigenvalue weighted by molar-refractivity contribution is -0.167. The van der Waals surface area contributed by atoms with Crippen LogP contribution in [0.25, 0.3) is 0 Å². The van der Waals surface area contributed by atoms with Crippen LogP contribution >= 0.6 is 0 Å². The highest BCUT2D eigenvalue weighted by atomic mass is 16.6. The van der Waals surface area contributed by atoms with Crippen LogP contribution in [0.2, 0.25) is 0 Å². The van der Waals surface area contributed by atoms with Crippen molar-refractivity contribution in [2.45, 2.75) is 51.0 Å². The molecule has 1 aromatic carbocycles. The summed E-state index contributed by atoms with van der Waals surface area (Å²) in [6.07, 6.45) is 10.1. The Morgan fingerprint density at radius 3 is 2.63 bits per heavy atom. The largest absolute Gasteiger partial charge is 0.497 e. The minimum Gasteiger partial charge on any atom is -0.497 e. The second-order valence-corrected chi connectivity index (χ2v) is 9.33. The van der Waals surface area contributed by atoms with E-state index in [0.29, 0.717) is 17.4 Å². The minimum absolute atomic E-state index is 0.327. The summed E-state index contributed by atoms with van der Waals surface area (Å²) in [5.41, 5.74) is 1.47. The molecule has 5 atom stereocenters. The topological polar surface area (TPSA) is 61.8 Å². The number of rotatable bonds is 3. The first-order valence-electron chi connectivity index (χ1n) is 10.7. The van der Waals surface area contributed by atoms with Crippen LogP contribution in [0.4, 0.5) is 0 Å². The molecule has 0 saturated heterocycles. The van der Waals surface area contributed by atoms with Crippen molar-refractivity contribution in [3.05, 3.63) is 53.1 Å². The Bertz CT molecular complexity index is 1010. The van der Waals surface area contributed by atoms with Gasteiger partial charge in [-0.05, 0) is 66.9 Å². The summed E-state index contributed by atoms with van der Waals surface area (Å²) in [6, 6.07) is 6.42. The number of methoxy groups -OCH3 is 2. The Kier molecular flexibility index (Phi) is 4.03. The predicted octanol–water partition coefficient (Wildman–Crippen LogP) is 4.11. The van der Waals surface area contributed by atoms with E-state index in [0.717, 1.165) is 31.4 Å². The van der Waals surface area contributed by atoms with Crippen molar-refractivity contribution in [2.75, 3.05) is 14.2 Å². The lowest BCUT2D eigenvalue weighted by Crippen LogP contribution is -2.55. The average molecular weight is 408 g/mol. The third-order valence-electron chi connectivity index (χ3n) is 8.39. The SMILES string of the molecule is COC(=O)C1=C[C@]23C=C[C@@]1(OC(C)=O)[C@@]2(C)CC[C@@H]1c2ccc(OC)cc2CC[C@H]13. The van der Waals surface area contributed by atoms with E-state index in [1.54, 1.807) is 7.11 Å². The monoisotopic (exact) mass is 408 g/mol. The van der Waals surface area contributed by atoms with Gasteiger partial charge >= 0.3 is 11.9 Å². The zero-order valence-electron chi connectivity index (χ0n) is 18.0. The molecule has 5 rings (SSSR count). The summed E-state index contributed by atoms with van der Waals surface area (Å²) in [5.74, 6) is 0.853. The summed E-state index contributed by atoms with van der Waals surface area (Å²) in [4.78, 5) is 24.9. The number of fused-ring (bicyclic) bond motifs is 3. The summed E-state index contributed by atoms with van der Waals surface area (Å²) in [7, 11) is 3.09. The predicted molar refractivity (Wildman–Crippen MR) is 111 cm³/mol. The minimum atomic E-state index is -1.04. The molecule has 0 spiro atoms. The smallest absolute Gasteiger partial charge is 0.337 e. The van der Waals surface area contributed by atoms with Gasteiger partial charge in [-0.2, -0.15) is 0 Å². The molecule has 5 nitrogen and oxygen atoms in total. The van der Waals surface area contributed by atoms with E-state index < -0.39 is 11.6 Å². The van der Waals surface area contributed by atoms with Gasteiger partial charge in [-0.15, -0.1) is 0 Å². The molecule has 5 heteroatoms. The number of allylic oxidation sites excluding steroid dienone is 2. The summed E-state index contributed by atoms with van der Waals surface area (Å²) in [5, 5.41) is 0. The number of benzene rings is 1. The highest BCUT2D eigenvalue weighted by Crippen LogP contribution is 2.74. The van der Waals surface area contributed by atoms with Crippen molar-refractivity contribution >= 4 is 11.9 Å².